The molecule has 1 nitrogen and oxygen atoms in total. The Morgan fingerprint density at radius 2 is 2.27 bits per heavy atom. The Bertz CT molecular complexity index is 141. The van der Waals surface area contributed by atoms with E-state index in [1.54, 1.807) is 0 Å². The summed E-state index contributed by atoms with van der Waals surface area (Å²) in [7, 11) is 0. The number of hydrogen-bond acceptors (Lipinski definition) is 1. The smallest absolute Gasteiger partial charge is 0.0598 e. The lowest BCUT2D eigenvalue weighted by Crippen LogP contribution is -2.32. The van der Waals surface area contributed by atoms with Crippen molar-refractivity contribution in [1.82, 2.24) is 4.90 Å². The number of nitrogens with zero attached hydrogens (tertiary/aromatic N) is 1. The maximum atomic E-state index is 5.25. The van der Waals surface area contributed by atoms with Gasteiger partial charge in [-0.25, -0.2) is 0 Å². The number of rotatable bonds is 4. The molecule has 1 saturated carbocycles. The molecule has 1 aliphatic carbocycles. The standard InChI is InChI=1S/C10H17N/c1-3-8-11(4-2)9-10-6-5-7-10/h1,10H,4-9H2,2H3. The van der Waals surface area contributed by atoms with Gasteiger partial charge in [0.15, 0.2) is 0 Å². The monoisotopic (exact) mass is 151 g/mol. The lowest BCUT2D eigenvalue weighted by atomic mass is 9.85. The van der Waals surface area contributed by atoms with E-state index >= 15 is 0 Å². The normalized spacial score (nSPS) is 17.9. The van der Waals surface area contributed by atoms with Crippen LogP contribution in [0.1, 0.15) is 26.2 Å². The third-order valence-electron chi connectivity index (χ3n) is 2.50. The molecule has 1 fully saturated rings. The quantitative estimate of drug-likeness (QED) is 0.553. The summed E-state index contributed by atoms with van der Waals surface area (Å²) in [5.74, 6) is 3.65. The van der Waals surface area contributed by atoms with E-state index in [4.69, 9.17) is 6.42 Å². The van der Waals surface area contributed by atoms with Crippen LogP contribution in [0.25, 0.3) is 0 Å². The number of hydrogen-bond donors (Lipinski definition) is 0. The van der Waals surface area contributed by atoms with Gasteiger partial charge in [-0.3, -0.25) is 4.90 Å². The predicted octanol–water partition coefficient (Wildman–Crippen LogP) is 1.74. The van der Waals surface area contributed by atoms with Gasteiger partial charge in [0, 0.05) is 6.54 Å². The first-order valence-corrected chi connectivity index (χ1v) is 4.52. The fourth-order valence-corrected chi connectivity index (χ4v) is 1.48. The molecule has 0 saturated heterocycles. The third-order valence-corrected chi connectivity index (χ3v) is 2.50. The lowest BCUT2D eigenvalue weighted by Gasteiger charge is -2.30. The van der Waals surface area contributed by atoms with Crippen molar-refractivity contribution in [2.24, 2.45) is 5.92 Å². The van der Waals surface area contributed by atoms with Crippen molar-refractivity contribution in [3.8, 4) is 12.3 Å². The van der Waals surface area contributed by atoms with E-state index < -0.39 is 0 Å². The molecule has 0 aromatic heterocycles. The van der Waals surface area contributed by atoms with Gasteiger partial charge in [-0.2, -0.15) is 0 Å². The zero-order chi connectivity index (χ0) is 8.10. The Balaban J connectivity index is 2.14. The molecule has 0 aromatic rings. The minimum Gasteiger partial charge on any atom is -0.292 e. The fourth-order valence-electron chi connectivity index (χ4n) is 1.48. The minimum atomic E-state index is 0.826. The Hall–Kier alpha value is -0.480. The summed E-state index contributed by atoms with van der Waals surface area (Å²) in [6.07, 6.45) is 9.51. The van der Waals surface area contributed by atoms with Crippen molar-refractivity contribution >= 4 is 0 Å². The van der Waals surface area contributed by atoms with Gasteiger partial charge >= 0.3 is 0 Å². The molecule has 0 N–H and O–H groups in total. The molecule has 0 bridgehead atoms. The molecule has 1 heteroatoms. The van der Waals surface area contributed by atoms with Crippen LogP contribution in [0.15, 0.2) is 0 Å². The molecular weight excluding hydrogens is 134 g/mol. The second-order valence-corrected chi connectivity index (χ2v) is 3.33. The van der Waals surface area contributed by atoms with Gasteiger partial charge in [-0.05, 0) is 25.3 Å². The second-order valence-electron chi connectivity index (χ2n) is 3.33. The van der Waals surface area contributed by atoms with Crippen LogP contribution in [0.3, 0.4) is 0 Å². The van der Waals surface area contributed by atoms with E-state index in [2.05, 4.69) is 17.7 Å². The van der Waals surface area contributed by atoms with E-state index in [0.29, 0.717) is 0 Å². The highest BCUT2D eigenvalue weighted by atomic mass is 15.1. The highest BCUT2D eigenvalue weighted by Gasteiger charge is 2.19. The molecule has 62 valence electrons. The van der Waals surface area contributed by atoms with Gasteiger partial charge in [0.1, 0.15) is 0 Å². The highest BCUT2D eigenvalue weighted by Crippen LogP contribution is 2.26. The summed E-state index contributed by atoms with van der Waals surface area (Å²) in [4.78, 5) is 2.35. The van der Waals surface area contributed by atoms with Crippen LogP contribution in [-0.4, -0.2) is 24.5 Å². The molecule has 11 heavy (non-hydrogen) atoms. The molecule has 0 radical (unpaired) electrons. The molecular formula is C10H17N. The highest BCUT2D eigenvalue weighted by molar-refractivity contribution is 4.88. The average Bonchev–Trinajstić information content (AvgIpc) is 1.94. The Morgan fingerprint density at radius 3 is 2.64 bits per heavy atom. The summed E-state index contributed by atoms with van der Waals surface area (Å²) in [6.45, 7) is 5.32. The summed E-state index contributed by atoms with van der Waals surface area (Å²) < 4.78 is 0. The molecule has 0 aromatic carbocycles. The van der Waals surface area contributed by atoms with Crippen molar-refractivity contribution in [3.05, 3.63) is 0 Å². The van der Waals surface area contributed by atoms with Crippen molar-refractivity contribution < 1.29 is 0 Å². The van der Waals surface area contributed by atoms with Crippen LogP contribution in [0.2, 0.25) is 0 Å². The molecule has 0 amide bonds. The summed E-state index contributed by atoms with van der Waals surface area (Å²) in [5.41, 5.74) is 0. The molecule has 0 atom stereocenters. The molecule has 1 rings (SSSR count). The largest absolute Gasteiger partial charge is 0.292 e. The maximum absolute atomic E-state index is 5.25. The minimum absolute atomic E-state index is 0.826. The van der Waals surface area contributed by atoms with Crippen molar-refractivity contribution in [2.75, 3.05) is 19.6 Å². The van der Waals surface area contributed by atoms with E-state index in [1.165, 1.54) is 25.8 Å². The van der Waals surface area contributed by atoms with Crippen LogP contribution in [0.4, 0.5) is 0 Å². The SMILES string of the molecule is C#CCN(CC)CC1CCC1. The van der Waals surface area contributed by atoms with Gasteiger partial charge in [0.2, 0.25) is 0 Å². The predicted molar refractivity (Wildman–Crippen MR) is 48.3 cm³/mol. The van der Waals surface area contributed by atoms with Gasteiger partial charge < -0.3 is 0 Å². The van der Waals surface area contributed by atoms with E-state index in [0.717, 1.165) is 19.0 Å². The summed E-state index contributed by atoms with van der Waals surface area (Å²) in [6, 6.07) is 0. The number of terminal acetylenes is 1. The maximum Gasteiger partial charge on any atom is 0.0598 e. The summed E-state index contributed by atoms with van der Waals surface area (Å²) in [5, 5.41) is 0. The van der Waals surface area contributed by atoms with E-state index in [-0.39, 0.29) is 0 Å². The van der Waals surface area contributed by atoms with Crippen LogP contribution in [0, 0.1) is 18.3 Å². The zero-order valence-electron chi connectivity index (χ0n) is 7.34. The first kappa shape index (κ1) is 8.62. The van der Waals surface area contributed by atoms with Gasteiger partial charge in [0.25, 0.3) is 0 Å². The van der Waals surface area contributed by atoms with Crippen LogP contribution in [0.5, 0.6) is 0 Å². The topological polar surface area (TPSA) is 3.24 Å². The van der Waals surface area contributed by atoms with Crippen molar-refractivity contribution in [2.45, 2.75) is 26.2 Å². The van der Waals surface area contributed by atoms with Gasteiger partial charge in [0.05, 0.1) is 6.54 Å². The Morgan fingerprint density at radius 1 is 1.55 bits per heavy atom. The lowest BCUT2D eigenvalue weighted by molar-refractivity contribution is 0.199. The molecule has 0 unspecified atom stereocenters. The third kappa shape index (κ3) is 2.55. The van der Waals surface area contributed by atoms with E-state index in [1.807, 2.05) is 0 Å². The van der Waals surface area contributed by atoms with Crippen molar-refractivity contribution in [3.63, 3.8) is 0 Å². The summed E-state index contributed by atoms with van der Waals surface area (Å²) >= 11 is 0. The molecule has 0 spiro atoms. The fraction of sp³-hybridized carbons (Fsp3) is 0.800. The Labute approximate surface area is 69.8 Å². The Kier molecular flexibility index (Phi) is 3.45. The molecule has 0 heterocycles. The molecule has 1 aliphatic rings. The van der Waals surface area contributed by atoms with Gasteiger partial charge in [-0.1, -0.05) is 19.3 Å². The van der Waals surface area contributed by atoms with Gasteiger partial charge in [-0.15, -0.1) is 6.42 Å². The zero-order valence-corrected chi connectivity index (χ0v) is 7.34. The van der Waals surface area contributed by atoms with Crippen LogP contribution in [-0.2, 0) is 0 Å². The second kappa shape index (κ2) is 4.41. The van der Waals surface area contributed by atoms with E-state index in [9.17, 15) is 0 Å². The first-order chi connectivity index (χ1) is 5.36. The van der Waals surface area contributed by atoms with Crippen LogP contribution >= 0.6 is 0 Å². The average molecular weight is 151 g/mol. The molecule has 0 aliphatic heterocycles. The first-order valence-electron chi connectivity index (χ1n) is 4.52. The van der Waals surface area contributed by atoms with Crippen LogP contribution < -0.4 is 0 Å². The van der Waals surface area contributed by atoms with Crippen molar-refractivity contribution in [1.29, 1.82) is 0 Å².